The first kappa shape index (κ1) is 19.4. The van der Waals surface area contributed by atoms with Gasteiger partial charge in [0.2, 0.25) is 5.91 Å². The van der Waals surface area contributed by atoms with E-state index in [0.29, 0.717) is 0 Å². The van der Waals surface area contributed by atoms with Crippen molar-refractivity contribution in [1.29, 1.82) is 0 Å². The minimum absolute atomic E-state index is 0.0730. The van der Waals surface area contributed by atoms with Crippen molar-refractivity contribution < 1.29 is 13.2 Å². The summed E-state index contributed by atoms with van der Waals surface area (Å²) in [5, 5.41) is 0. The summed E-state index contributed by atoms with van der Waals surface area (Å²) < 4.78 is 27.8. The largest absolute Gasteiger partial charge is 0.273 e. The molecule has 1 amide bonds. The molecular formula is C24H23NO3S. The molecule has 3 aromatic rings. The first-order chi connectivity index (χ1) is 13.9. The summed E-state index contributed by atoms with van der Waals surface area (Å²) in [6.07, 6.45) is 0.0730. The molecule has 5 heteroatoms. The van der Waals surface area contributed by atoms with E-state index in [1.807, 2.05) is 56.3 Å². The maximum atomic E-state index is 13.4. The van der Waals surface area contributed by atoms with Gasteiger partial charge < -0.3 is 0 Å². The van der Waals surface area contributed by atoms with Gasteiger partial charge in [-0.2, -0.15) is 0 Å². The molecule has 0 aliphatic carbocycles. The van der Waals surface area contributed by atoms with Crippen molar-refractivity contribution >= 4 is 15.9 Å². The maximum Gasteiger partial charge on any atom is 0.266 e. The number of aryl methyl sites for hydroxylation is 2. The van der Waals surface area contributed by atoms with Crippen LogP contribution in [0, 0.1) is 13.8 Å². The van der Waals surface area contributed by atoms with E-state index < -0.39 is 15.9 Å². The molecule has 4 nitrogen and oxygen atoms in total. The summed E-state index contributed by atoms with van der Waals surface area (Å²) >= 11 is 0. The normalized spacial score (nSPS) is 17.0. The molecule has 1 aliphatic heterocycles. The van der Waals surface area contributed by atoms with Crippen molar-refractivity contribution in [1.82, 2.24) is 4.31 Å². The molecule has 3 aromatic carbocycles. The minimum Gasteiger partial charge on any atom is -0.273 e. The molecule has 1 aliphatic rings. The fourth-order valence-corrected chi connectivity index (χ4v) is 5.31. The third kappa shape index (κ3) is 3.70. The third-order valence-corrected chi connectivity index (χ3v) is 7.25. The molecule has 0 aromatic heterocycles. The molecule has 29 heavy (non-hydrogen) atoms. The number of benzene rings is 3. The van der Waals surface area contributed by atoms with Crippen LogP contribution in [0.15, 0.2) is 77.7 Å². The number of hydrogen-bond donors (Lipinski definition) is 0. The Hall–Kier alpha value is -2.92. The Morgan fingerprint density at radius 2 is 1.59 bits per heavy atom. The number of amides is 1. The van der Waals surface area contributed by atoms with Crippen molar-refractivity contribution in [3.63, 3.8) is 0 Å². The summed E-state index contributed by atoms with van der Waals surface area (Å²) in [6.45, 7) is 4.01. The Morgan fingerprint density at radius 1 is 0.862 bits per heavy atom. The fourth-order valence-electron chi connectivity index (χ4n) is 3.89. The van der Waals surface area contributed by atoms with Crippen LogP contribution in [-0.4, -0.2) is 25.2 Å². The van der Waals surface area contributed by atoms with Gasteiger partial charge in [0, 0.05) is 12.5 Å². The fraction of sp³-hybridized carbons (Fsp3) is 0.208. The lowest BCUT2D eigenvalue weighted by Crippen LogP contribution is -2.39. The van der Waals surface area contributed by atoms with E-state index in [-0.39, 0.29) is 23.8 Å². The number of nitrogens with zero attached hydrogens (tertiary/aromatic N) is 1. The van der Waals surface area contributed by atoms with Crippen LogP contribution < -0.4 is 0 Å². The van der Waals surface area contributed by atoms with Crippen LogP contribution in [0.2, 0.25) is 0 Å². The zero-order valence-electron chi connectivity index (χ0n) is 16.5. The number of carbonyl (C=O) groups excluding carboxylic acids is 1. The molecule has 0 saturated carbocycles. The number of rotatable bonds is 3. The van der Waals surface area contributed by atoms with Crippen molar-refractivity contribution in [2.45, 2.75) is 31.1 Å². The van der Waals surface area contributed by atoms with Gasteiger partial charge in [0.25, 0.3) is 10.0 Å². The highest BCUT2D eigenvalue weighted by atomic mass is 32.2. The lowest BCUT2D eigenvalue weighted by atomic mass is 9.87. The van der Waals surface area contributed by atoms with Gasteiger partial charge in [0.1, 0.15) is 0 Å². The van der Waals surface area contributed by atoms with Crippen molar-refractivity contribution in [2.75, 3.05) is 6.54 Å². The van der Waals surface area contributed by atoms with Crippen LogP contribution >= 0.6 is 0 Å². The molecule has 1 atom stereocenters. The number of sulfonamides is 1. The van der Waals surface area contributed by atoms with Gasteiger partial charge in [0.05, 0.1) is 11.3 Å². The van der Waals surface area contributed by atoms with Crippen LogP contribution in [0.4, 0.5) is 0 Å². The SMILES string of the molecule is Cc1ccc(S(=O)(=O)N2CC(c3cccc(C)c3)c3ccccc3CC2=O)cc1. The first-order valence-corrected chi connectivity index (χ1v) is 11.1. The lowest BCUT2D eigenvalue weighted by Gasteiger charge is -2.25. The number of carbonyl (C=O) groups is 1. The second-order valence-electron chi connectivity index (χ2n) is 7.59. The Morgan fingerprint density at radius 3 is 2.31 bits per heavy atom. The molecular weight excluding hydrogens is 382 g/mol. The van der Waals surface area contributed by atoms with E-state index >= 15 is 0 Å². The van der Waals surface area contributed by atoms with Crippen molar-refractivity contribution in [3.8, 4) is 0 Å². The van der Waals surface area contributed by atoms with Gasteiger partial charge in [0.15, 0.2) is 0 Å². The Kier molecular flexibility index (Phi) is 5.01. The molecule has 1 unspecified atom stereocenters. The number of fused-ring (bicyclic) bond motifs is 1. The second-order valence-corrected chi connectivity index (χ2v) is 9.45. The third-order valence-electron chi connectivity index (χ3n) is 5.45. The average molecular weight is 406 g/mol. The van der Waals surface area contributed by atoms with Gasteiger partial charge >= 0.3 is 0 Å². The summed E-state index contributed by atoms with van der Waals surface area (Å²) in [4.78, 5) is 13.2. The van der Waals surface area contributed by atoms with E-state index in [1.54, 1.807) is 24.3 Å². The molecule has 0 fully saturated rings. The highest BCUT2D eigenvalue weighted by Gasteiger charge is 2.36. The van der Waals surface area contributed by atoms with E-state index in [2.05, 4.69) is 6.07 Å². The topological polar surface area (TPSA) is 54.5 Å². The lowest BCUT2D eigenvalue weighted by molar-refractivity contribution is -0.125. The molecule has 0 bridgehead atoms. The predicted molar refractivity (Wildman–Crippen MR) is 113 cm³/mol. The van der Waals surface area contributed by atoms with Gasteiger partial charge in [-0.15, -0.1) is 0 Å². The smallest absolute Gasteiger partial charge is 0.266 e. The predicted octanol–water partition coefficient (Wildman–Crippen LogP) is 4.21. The second kappa shape index (κ2) is 7.48. The van der Waals surface area contributed by atoms with E-state index in [9.17, 15) is 13.2 Å². The summed E-state index contributed by atoms with van der Waals surface area (Å²) in [5.41, 5.74) is 4.97. The summed E-state index contributed by atoms with van der Waals surface area (Å²) in [5.74, 6) is -0.606. The van der Waals surface area contributed by atoms with Crippen LogP contribution in [-0.2, 0) is 21.2 Å². The Bertz CT molecular complexity index is 1170. The quantitative estimate of drug-likeness (QED) is 0.656. The molecule has 0 radical (unpaired) electrons. The van der Waals surface area contributed by atoms with Gasteiger partial charge in [-0.05, 0) is 42.7 Å². The average Bonchev–Trinajstić information content (AvgIpc) is 2.84. The zero-order valence-corrected chi connectivity index (χ0v) is 17.3. The number of hydrogen-bond acceptors (Lipinski definition) is 3. The van der Waals surface area contributed by atoms with E-state index in [0.717, 1.165) is 32.1 Å². The highest BCUT2D eigenvalue weighted by Crippen LogP contribution is 2.34. The van der Waals surface area contributed by atoms with E-state index in [1.165, 1.54) is 0 Å². The standard InChI is InChI=1S/C24H23NO3S/c1-17-10-12-21(13-11-17)29(27,28)25-16-23(19-8-5-6-18(2)14-19)22-9-4-3-7-20(22)15-24(25)26/h3-14,23H,15-16H2,1-2H3. The van der Waals surface area contributed by atoms with Crippen LogP contribution in [0.3, 0.4) is 0 Å². The summed E-state index contributed by atoms with van der Waals surface area (Å²) in [7, 11) is -3.94. The summed E-state index contributed by atoms with van der Waals surface area (Å²) in [6, 6.07) is 22.4. The Labute approximate surface area is 171 Å². The van der Waals surface area contributed by atoms with Gasteiger partial charge in [-0.25, -0.2) is 12.7 Å². The van der Waals surface area contributed by atoms with Crippen LogP contribution in [0.25, 0.3) is 0 Å². The molecule has 4 rings (SSSR count). The molecule has 0 N–H and O–H groups in total. The first-order valence-electron chi connectivity index (χ1n) is 9.63. The monoisotopic (exact) mass is 405 g/mol. The molecule has 148 valence electrons. The Balaban J connectivity index is 1.83. The van der Waals surface area contributed by atoms with Gasteiger partial charge in [-0.1, -0.05) is 71.8 Å². The van der Waals surface area contributed by atoms with Crippen LogP contribution in [0.5, 0.6) is 0 Å². The van der Waals surface area contributed by atoms with Gasteiger partial charge in [-0.3, -0.25) is 4.79 Å². The van der Waals surface area contributed by atoms with Crippen molar-refractivity contribution in [3.05, 3.63) is 101 Å². The maximum absolute atomic E-state index is 13.4. The van der Waals surface area contributed by atoms with Crippen LogP contribution in [0.1, 0.15) is 33.7 Å². The highest BCUT2D eigenvalue weighted by molar-refractivity contribution is 7.89. The minimum atomic E-state index is -3.94. The van der Waals surface area contributed by atoms with E-state index in [4.69, 9.17) is 0 Å². The zero-order chi connectivity index (χ0) is 20.6. The molecule has 0 saturated heterocycles. The van der Waals surface area contributed by atoms with Crippen molar-refractivity contribution in [2.24, 2.45) is 0 Å². The molecule has 1 heterocycles. The molecule has 0 spiro atoms.